The SMILES string of the molecule is O=C(CCl)c1c(Cl)cc(Br)cc1Cl. The van der Waals surface area contributed by atoms with E-state index < -0.39 is 0 Å². The van der Waals surface area contributed by atoms with Gasteiger partial charge >= 0.3 is 0 Å². The Morgan fingerprint density at radius 3 is 2.15 bits per heavy atom. The molecule has 70 valence electrons. The van der Waals surface area contributed by atoms with Crippen molar-refractivity contribution in [1.82, 2.24) is 0 Å². The van der Waals surface area contributed by atoms with Crippen LogP contribution in [0.1, 0.15) is 10.4 Å². The molecule has 0 N–H and O–H groups in total. The maximum atomic E-state index is 11.3. The first-order chi connectivity index (χ1) is 6.06. The molecule has 0 aliphatic carbocycles. The van der Waals surface area contributed by atoms with Gasteiger partial charge in [0.25, 0.3) is 0 Å². The monoisotopic (exact) mass is 300 g/mol. The number of ketones is 1. The van der Waals surface area contributed by atoms with Crippen molar-refractivity contribution in [2.24, 2.45) is 0 Å². The van der Waals surface area contributed by atoms with Crippen LogP contribution >= 0.6 is 50.7 Å². The molecule has 1 rings (SSSR count). The molecule has 0 saturated heterocycles. The fourth-order valence-corrected chi connectivity index (χ4v) is 2.43. The Morgan fingerprint density at radius 2 is 1.77 bits per heavy atom. The standard InChI is InChI=1S/C8H4BrCl3O/c9-4-1-5(11)8(6(12)2-4)7(13)3-10/h1-2H,3H2. The van der Waals surface area contributed by atoms with Crippen molar-refractivity contribution in [3.63, 3.8) is 0 Å². The highest BCUT2D eigenvalue weighted by molar-refractivity contribution is 9.10. The second kappa shape index (κ2) is 4.65. The minimum atomic E-state index is -0.274. The van der Waals surface area contributed by atoms with Gasteiger partial charge in [-0.3, -0.25) is 4.79 Å². The zero-order chi connectivity index (χ0) is 10.0. The van der Waals surface area contributed by atoms with Gasteiger partial charge in [-0.15, -0.1) is 11.6 Å². The summed E-state index contributed by atoms with van der Waals surface area (Å²) < 4.78 is 0.730. The van der Waals surface area contributed by atoms with E-state index in [0.29, 0.717) is 10.0 Å². The van der Waals surface area contributed by atoms with E-state index in [9.17, 15) is 4.79 Å². The van der Waals surface area contributed by atoms with Gasteiger partial charge in [0.05, 0.1) is 21.5 Å². The fourth-order valence-electron chi connectivity index (χ4n) is 0.875. The quantitative estimate of drug-likeness (QED) is 0.592. The number of hydrogen-bond acceptors (Lipinski definition) is 1. The first kappa shape index (κ1) is 11.3. The van der Waals surface area contributed by atoms with Crippen LogP contribution in [0.25, 0.3) is 0 Å². The lowest BCUT2D eigenvalue weighted by Crippen LogP contribution is -2.02. The molecule has 0 aromatic heterocycles. The van der Waals surface area contributed by atoms with Crippen LogP contribution in [0.3, 0.4) is 0 Å². The summed E-state index contributed by atoms with van der Waals surface area (Å²) >= 11 is 20.2. The topological polar surface area (TPSA) is 17.1 Å². The van der Waals surface area contributed by atoms with Gasteiger partial charge in [0.2, 0.25) is 0 Å². The summed E-state index contributed by atoms with van der Waals surface area (Å²) in [4.78, 5) is 11.3. The van der Waals surface area contributed by atoms with Crippen LogP contribution in [0.2, 0.25) is 10.0 Å². The molecule has 1 aromatic carbocycles. The Kier molecular flexibility index (Phi) is 4.05. The maximum absolute atomic E-state index is 11.3. The maximum Gasteiger partial charge on any atom is 0.180 e. The smallest absolute Gasteiger partial charge is 0.180 e. The average Bonchev–Trinajstić information content (AvgIpc) is 2.02. The largest absolute Gasteiger partial charge is 0.293 e. The lowest BCUT2D eigenvalue weighted by atomic mass is 10.1. The molecule has 0 bridgehead atoms. The van der Waals surface area contributed by atoms with Gasteiger partial charge in [0.15, 0.2) is 5.78 Å². The predicted molar refractivity (Wildman–Crippen MR) is 59.2 cm³/mol. The van der Waals surface area contributed by atoms with E-state index in [0.717, 1.165) is 4.47 Å². The lowest BCUT2D eigenvalue weighted by molar-refractivity contribution is 0.102. The van der Waals surface area contributed by atoms with Crippen LogP contribution in [-0.4, -0.2) is 11.7 Å². The van der Waals surface area contributed by atoms with E-state index in [2.05, 4.69) is 15.9 Å². The van der Waals surface area contributed by atoms with E-state index in [4.69, 9.17) is 34.8 Å². The van der Waals surface area contributed by atoms with E-state index in [1.165, 1.54) is 0 Å². The van der Waals surface area contributed by atoms with Gasteiger partial charge < -0.3 is 0 Å². The van der Waals surface area contributed by atoms with Crippen molar-refractivity contribution in [3.8, 4) is 0 Å². The van der Waals surface area contributed by atoms with Crippen LogP contribution in [0.15, 0.2) is 16.6 Å². The minimum absolute atomic E-state index is 0.124. The van der Waals surface area contributed by atoms with Gasteiger partial charge in [-0.2, -0.15) is 0 Å². The molecule has 0 amide bonds. The Labute approximate surface area is 99.1 Å². The summed E-state index contributed by atoms with van der Waals surface area (Å²) in [6.45, 7) is 0. The van der Waals surface area contributed by atoms with E-state index in [1.54, 1.807) is 12.1 Å². The molecular weight excluding hydrogens is 298 g/mol. The Hall–Kier alpha value is 0.240. The third kappa shape index (κ3) is 2.59. The zero-order valence-electron chi connectivity index (χ0n) is 6.28. The highest BCUT2D eigenvalue weighted by atomic mass is 79.9. The molecule has 0 atom stereocenters. The summed E-state index contributed by atoms with van der Waals surface area (Å²) in [7, 11) is 0. The number of carbonyl (C=O) groups excluding carboxylic acids is 1. The van der Waals surface area contributed by atoms with Gasteiger partial charge in [0, 0.05) is 4.47 Å². The van der Waals surface area contributed by atoms with Gasteiger partial charge in [0.1, 0.15) is 0 Å². The minimum Gasteiger partial charge on any atom is -0.293 e. The summed E-state index contributed by atoms with van der Waals surface area (Å²) in [5, 5.41) is 0.620. The third-order valence-electron chi connectivity index (χ3n) is 1.41. The molecule has 0 heterocycles. The predicted octanol–water partition coefficient (Wildman–Crippen LogP) is 4.18. The van der Waals surface area contributed by atoms with Crippen molar-refractivity contribution < 1.29 is 4.79 Å². The summed E-state index contributed by atoms with van der Waals surface area (Å²) in [6, 6.07) is 3.21. The average molecular weight is 302 g/mol. The van der Waals surface area contributed by atoms with Crippen molar-refractivity contribution >= 4 is 56.5 Å². The molecule has 0 aliphatic heterocycles. The van der Waals surface area contributed by atoms with Crippen LogP contribution in [0.4, 0.5) is 0 Å². The van der Waals surface area contributed by atoms with Crippen LogP contribution < -0.4 is 0 Å². The second-order valence-corrected chi connectivity index (χ2v) is 4.30. The fraction of sp³-hybridized carbons (Fsp3) is 0.125. The zero-order valence-corrected chi connectivity index (χ0v) is 10.1. The molecule has 0 saturated carbocycles. The van der Waals surface area contributed by atoms with E-state index in [1.807, 2.05) is 0 Å². The molecular formula is C8H4BrCl3O. The Balaban J connectivity index is 3.28. The van der Waals surface area contributed by atoms with Crippen LogP contribution in [0.5, 0.6) is 0 Å². The highest BCUT2D eigenvalue weighted by Crippen LogP contribution is 2.29. The Bertz CT molecular complexity index is 328. The molecule has 0 fully saturated rings. The van der Waals surface area contributed by atoms with E-state index in [-0.39, 0.29) is 17.2 Å². The number of hydrogen-bond donors (Lipinski definition) is 0. The van der Waals surface area contributed by atoms with Crippen molar-refractivity contribution in [2.75, 3.05) is 5.88 Å². The molecule has 13 heavy (non-hydrogen) atoms. The Morgan fingerprint density at radius 1 is 1.31 bits per heavy atom. The number of benzene rings is 1. The summed E-state index contributed by atoms with van der Waals surface area (Å²) in [5.41, 5.74) is 0.279. The van der Waals surface area contributed by atoms with Gasteiger partial charge in [-0.1, -0.05) is 39.1 Å². The number of rotatable bonds is 2. The number of carbonyl (C=O) groups is 1. The van der Waals surface area contributed by atoms with Crippen molar-refractivity contribution in [2.45, 2.75) is 0 Å². The van der Waals surface area contributed by atoms with Crippen LogP contribution in [-0.2, 0) is 0 Å². The third-order valence-corrected chi connectivity index (χ3v) is 2.70. The van der Waals surface area contributed by atoms with E-state index >= 15 is 0 Å². The molecule has 0 aliphatic rings. The number of alkyl halides is 1. The number of Topliss-reactive ketones (excluding diaryl/α,β-unsaturated/α-hetero) is 1. The molecule has 1 aromatic rings. The lowest BCUT2D eigenvalue weighted by Gasteiger charge is -2.04. The summed E-state index contributed by atoms with van der Waals surface area (Å²) in [5.74, 6) is -0.398. The molecule has 0 radical (unpaired) electrons. The van der Waals surface area contributed by atoms with Crippen molar-refractivity contribution in [1.29, 1.82) is 0 Å². The highest BCUT2D eigenvalue weighted by Gasteiger charge is 2.14. The summed E-state index contributed by atoms with van der Waals surface area (Å²) in [6.07, 6.45) is 0. The molecule has 5 heteroatoms. The van der Waals surface area contributed by atoms with Gasteiger partial charge in [-0.25, -0.2) is 0 Å². The van der Waals surface area contributed by atoms with Crippen molar-refractivity contribution in [3.05, 3.63) is 32.2 Å². The van der Waals surface area contributed by atoms with Crippen LogP contribution in [0, 0.1) is 0 Å². The molecule has 0 unspecified atom stereocenters. The normalized spacial score (nSPS) is 10.2. The molecule has 1 nitrogen and oxygen atoms in total. The first-order valence-electron chi connectivity index (χ1n) is 3.30. The first-order valence-corrected chi connectivity index (χ1v) is 5.38. The van der Waals surface area contributed by atoms with Gasteiger partial charge in [-0.05, 0) is 12.1 Å². The number of halogens is 4. The second-order valence-electron chi connectivity index (χ2n) is 2.30. The molecule has 0 spiro atoms.